The van der Waals surface area contributed by atoms with Crippen molar-refractivity contribution >= 4 is 56.3 Å². The first-order chi connectivity index (χ1) is 9.75. The Morgan fingerprint density at radius 2 is 2.00 bits per heavy atom. The maximum Gasteiger partial charge on any atom is 0.303 e. The molecule has 0 amide bonds. The number of aryl methyl sites for hydroxylation is 1. The van der Waals surface area contributed by atoms with Crippen molar-refractivity contribution in [3.8, 4) is 0 Å². The van der Waals surface area contributed by atoms with Gasteiger partial charge in [0.1, 0.15) is 5.01 Å². The van der Waals surface area contributed by atoms with Crippen molar-refractivity contribution in [1.82, 2.24) is 15.2 Å². The first-order valence-electron chi connectivity index (χ1n) is 6.14. The molecule has 0 saturated carbocycles. The summed E-state index contributed by atoms with van der Waals surface area (Å²) < 4.78 is 2.73. The van der Waals surface area contributed by atoms with E-state index in [9.17, 15) is 4.79 Å². The van der Waals surface area contributed by atoms with Crippen LogP contribution in [0.2, 0.25) is 0 Å². The van der Waals surface area contributed by atoms with Crippen molar-refractivity contribution < 1.29 is 9.90 Å². The van der Waals surface area contributed by atoms with E-state index in [0.29, 0.717) is 6.42 Å². The first-order valence-corrected chi connectivity index (χ1v) is 9.39. The van der Waals surface area contributed by atoms with E-state index in [2.05, 4.69) is 51.9 Å². The average molecular weight is 408 g/mol. The number of carboxylic acid groups (broad SMARTS) is 1. The predicted molar refractivity (Wildman–Crippen MR) is 88.5 cm³/mol. The molecule has 21 heavy (non-hydrogen) atoms. The van der Waals surface area contributed by atoms with Gasteiger partial charge in [-0.3, -0.25) is 4.79 Å². The second-order valence-electron chi connectivity index (χ2n) is 5.31. The summed E-state index contributed by atoms with van der Waals surface area (Å²) in [4.78, 5) is 15.2. The van der Waals surface area contributed by atoms with Gasteiger partial charge in [-0.05, 0) is 27.7 Å². The molecule has 0 spiro atoms. The van der Waals surface area contributed by atoms with Crippen molar-refractivity contribution in [2.24, 2.45) is 0 Å². The van der Waals surface area contributed by atoms with Gasteiger partial charge in [-0.1, -0.05) is 43.4 Å². The standard InChI is InChI=1S/C12H14BrN3O2S3/c1-12(2,3)8-9(13)20-10(14-8)21-11-16-15-6(19-11)4-5-7(17)18/h4-5H2,1-3H3,(H,17,18). The molecule has 2 rings (SSSR count). The molecule has 0 aliphatic rings. The summed E-state index contributed by atoms with van der Waals surface area (Å²) in [5.74, 6) is -0.821. The van der Waals surface area contributed by atoms with Crippen LogP contribution in [-0.4, -0.2) is 26.3 Å². The number of halogens is 1. The summed E-state index contributed by atoms with van der Waals surface area (Å²) in [6, 6.07) is 0. The third-order valence-corrected chi connectivity index (χ3v) is 6.25. The van der Waals surface area contributed by atoms with Crippen LogP contribution in [0.1, 0.15) is 37.9 Å². The van der Waals surface area contributed by atoms with Gasteiger partial charge in [0, 0.05) is 11.8 Å². The van der Waals surface area contributed by atoms with E-state index in [4.69, 9.17) is 5.11 Å². The Hall–Kier alpha value is -0.510. The first kappa shape index (κ1) is 16.9. The van der Waals surface area contributed by atoms with Gasteiger partial charge in [0.2, 0.25) is 0 Å². The maximum absolute atomic E-state index is 10.5. The number of carbonyl (C=O) groups is 1. The predicted octanol–water partition coefficient (Wildman–Crippen LogP) is 4.22. The Bertz CT molecular complexity index is 648. The van der Waals surface area contributed by atoms with Crippen molar-refractivity contribution in [3.63, 3.8) is 0 Å². The highest BCUT2D eigenvalue weighted by atomic mass is 79.9. The Balaban J connectivity index is 2.07. The largest absolute Gasteiger partial charge is 0.481 e. The highest BCUT2D eigenvalue weighted by molar-refractivity contribution is 9.11. The molecule has 0 bridgehead atoms. The molecular weight excluding hydrogens is 394 g/mol. The minimum atomic E-state index is -0.821. The van der Waals surface area contributed by atoms with E-state index in [1.165, 1.54) is 23.1 Å². The molecule has 0 aromatic carbocycles. The van der Waals surface area contributed by atoms with E-state index in [1.807, 2.05) is 0 Å². The minimum Gasteiger partial charge on any atom is -0.481 e. The molecule has 0 radical (unpaired) electrons. The fraction of sp³-hybridized carbons (Fsp3) is 0.500. The molecule has 2 aromatic rings. The highest BCUT2D eigenvalue weighted by Crippen LogP contribution is 2.40. The van der Waals surface area contributed by atoms with E-state index in [-0.39, 0.29) is 11.8 Å². The van der Waals surface area contributed by atoms with Crippen LogP contribution < -0.4 is 0 Å². The molecule has 0 aliphatic carbocycles. The topological polar surface area (TPSA) is 76.0 Å². The fourth-order valence-electron chi connectivity index (χ4n) is 1.46. The van der Waals surface area contributed by atoms with Crippen molar-refractivity contribution in [3.05, 3.63) is 14.5 Å². The summed E-state index contributed by atoms with van der Waals surface area (Å²) in [6.45, 7) is 6.36. The summed E-state index contributed by atoms with van der Waals surface area (Å²) in [5, 5.41) is 17.5. The Morgan fingerprint density at radius 3 is 2.57 bits per heavy atom. The van der Waals surface area contributed by atoms with E-state index < -0.39 is 5.97 Å². The van der Waals surface area contributed by atoms with Gasteiger partial charge >= 0.3 is 5.97 Å². The lowest BCUT2D eigenvalue weighted by Gasteiger charge is -2.15. The second kappa shape index (κ2) is 6.72. The van der Waals surface area contributed by atoms with E-state index >= 15 is 0 Å². The van der Waals surface area contributed by atoms with Crippen LogP contribution in [-0.2, 0) is 16.6 Å². The van der Waals surface area contributed by atoms with Crippen LogP contribution in [0.25, 0.3) is 0 Å². The van der Waals surface area contributed by atoms with E-state index in [0.717, 1.165) is 23.2 Å². The molecule has 0 atom stereocenters. The van der Waals surface area contributed by atoms with Crippen LogP contribution >= 0.6 is 50.4 Å². The summed E-state index contributed by atoms with van der Waals surface area (Å²) in [7, 11) is 0. The number of thiazole rings is 1. The molecule has 5 nitrogen and oxygen atoms in total. The molecule has 114 valence electrons. The van der Waals surface area contributed by atoms with Gasteiger partial charge in [0.05, 0.1) is 15.9 Å². The highest BCUT2D eigenvalue weighted by Gasteiger charge is 2.23. The smallest absolute Gasteiger partial charge is 0.303 e. The number of rotatable bonds is 5. The van der Waals surface area contributed by atoms with Crippen molar-refractivity contribution in [2.45, 2.75) is 47.7 Å². The quantitative estimate of drug-likeness (QED) is 0.798. The molecule has 0 saturated heterocycles. The summed E-state index contributed by atoms with van der Waals surface area (Å²) in [5.41, 5.74) is 1.02. The fourth-order valence-corrected chi connectivity index (χ4v) is 6.10. The van der Waals surface area contributed by atoms with Crippen molar-refractivity contribution in [1.29, 1.82) is 0 Å². The normalized spacial score (nSPS) is 11.8. The molecule has 0 unspecified atom stereocenters. The number of aromatic nitrogens is 3. The second-order valence-corrected chi connectivity index (χ2v) is 10.2. The lowest BCUT2D eigenvalue weighted by molar-refractivity contribution is -0.136. The Labute approximate surface area is 143 Å². The number of hydrogen-bond acceptors (Lipinski definition) is 7. The number of nitrogens with zero attached hydrogens (tertiary/aromatic N) is 3. The zero-order chi connectivity index (χ0) is 15.6. The van der Waals surface area contributed by atoms with Crippen LogP contribution in [0.15, 0.2) is 12.5 Å². The summed E-state index contributed by atoms with van der Waals surface area (Å²) >= 11 is 8.02. The number of hydrogen-bond donors (Lipinski definition) is 1. The van der Waals surface area contributed by atoms with Gasteiger partial charge in [0.15, 0.2) is 8.68 Å². The molecule has 2 heterocycles. The summed E-state index contributed by atoms with van der Waals surface area (Å²) in [6.07, 6.45) is 0.499. The van der Waals surface area contributed by atoms with E-state index in [1.54, 1.807) is 11.3 Å². The van der Waals surface area contributed by atoms with Gasteiger partial charge in [-0.15, -0.1) is 10.2 Å². The van der Waals surface area contributed by atoms with Gasteiger partial charge in [-0.25, -0.2) is 4.98 Å². The molecular formula is C12H14BrN3O2S3. The number of carboxylic acids is 1. The average Bonchev–Trinajstić information content (AvgIpc) is 2.93. The van der Waals surface area contributed by atoms with Crippen molar-refractivity contribution in [2.75, 3.05) is 0 Å². The third-order valence-electron chi connectivity index (χ3n) is 2.45. The Kier molecular flexibility index (Phi) is 5.39. The Morgan fingerprint density at radius 1 is 1.29 bits per heavy atom. The van der Waals surface area contributed by atoms with Crippen LogP contribution in [0.4, 0.5) is 0 Å². The monoisotopic (exact) mass is 407 g/mol. The maximum atomic E-state index is 10.5. The number of aliphatic carboxylic acids is 1. The SMILES string of the molecule is CC(C)(C)c1nc(Sc2nnc(CCC(=O)O)s2)sc1Br. The zero-order valence-corrected chi connectivity index (χ0v) is 15.7. The lowest BCUT2D eigenvalue weighted by Crippen LogP contribution is -2.12. The minimum absolute atomic E-state index is 0.0120. The van der Waals surface area contributed by atoms with Crippen LogP contribution in [0.3, 0.4) is 0 Å². The van der Waals surface area contributed by atoms with Crippen LogP contribution in [0.5, 0.6) is 0 Å². The van der Waals surface area contributed by atoms with Gasteiger partial charge in [-0.2, -0.15) is 0 Å². The van der Waals surface area contributed by atoms with Gasteiger partial charge < -0.3 is 5.11 Å². The molecule has 0 fully saturated rings. The third kappa shape index (κ3) is 4.73. The molecule has 9 heteroatoms. The van der Waals surface area contributed by atoms with Crippen LogP contribution in [0, 0.1) is 0 Å². The zero-order valence-electron chi connectivity index (χ0n) is 11.7. The molecule has 1 N–H and O–H groups in total. The molecule has 0 aliphatic heterocycles. The van der Waals surface area contributed by atoms with Gasteiger partial charge in [0.25, 0.3) is 0 Å². The lowest BCUT2D eigenvalue weighted by atomic mass is 9.93. The molecule has 2 aromatic heterocycles.